The third-order valence-corrected chi connectivity index (χ3v) is 3.17. The SMILES string of the molecule is C=CCNC(N)=NCC1CCCN(CC(C)C)C1.I. The van der Waals surface area contributed by atoms with Gasteiger partial charge < -0.3 is 16.0 Å². The summed E-state index contributed by atoms with van der Waals surface area (Å²) in [6.45, 7) is 13.3. The van der Waals surface area contributed by atoms with E-state index in [1.165, 1.54) is 25.9 Å². The zero-order chi connectivity index (χ0) is 13.4. The maximum Gasteiger partial charge on any atom is 0.188 e. The van der Waals surface area contributed by atoms with Gasteiger partial charge in [-0.1, -0.05) is 19.9 Å². The van der Waals surface area contributed by atoms with Crippen LogP contribution in [0.1, 0.15) is 26.7 Å². The largest absolute Gasteiger partial charge is 0.370 e. The quantitative estimate of drug-likeness (QED) is 0.321. The molecular weight excluding hydrogens is 351 g/mol. The summed E-state index contributed by atoms with van der Waals surface area (Å²) in [5.41, 5.74) is 5.77. The van der Waals surface area contributed by atoms with Crippen LogP contribution >= 0.6 is 24.0 Å². The highest BCUT2D eigenvalue weighted by Crippen LogP contribution is 2.17. The molecule has 1 rings (SSSR count). The van der Waals surface area contributed by atoms with Gasteiger partial charge in [0.05, 0.1) is 0 Å². The molecule has 19 heavy (non-hydrogen) atoms. The van der Waals surface area contributed by atoms with E-state index in [4.69, 9.17) is 5.73 Å². The molecule has 1 aliphatic rings. The Hall–Kier alpha value is -0.300. The first-order valence-electron chi connectivity index (χ1n) is 6.98. The van der Waals surface area contributed by atoms with Gasteiger partial charge in [-0.2, -0.15) is 0 Å². The van der Waals surface area contributed by atoms with Gasteiger partial charge in [-0.05, 0) is 31.2 Å². The fraction of sp³-hybridized carbons (Fsp3) is 0.786. The summed E-state index contributed by atoms with van der Waals surface area (Å²) in [7, 11) is 0. The summed E-state index contributed by atoms with van der Waals surface area (Å²) in [4.78, 5) is 6.97. The number of hydrogen-bond acceptors (Lipinski definition) is 2. The van der Waals surface area contributed by atoms with Gasteiger partial charge in [-0.25, -0.2) is 0 Å². The first-order chi connectivity index (χ1) is 8.61. The molecule has 0 aromatic carbocycles. The third-order valence-electron chi connectivity index (χ3n) is 3.17. The molecule has 0 aromatic heterocycles. The van der Waals surface area contributed by atoms with Gasteiger partial charge in [-0.3, -0.25) is 4.99 Å². The number of hydrogen-bond donors (Lipinski definition) is 2. The molecule has 0 bridgehead atoms. The standard InChI is InChI=1S/C14H28N4.HI/c1-4-7-16-14(15)17-9-13-6-5-8-18(11-13)10-12(2)3;/h4,12-13H,1,5-11H2,2-3H3,(H3,15,16,17);1H. The van der Waals surface area contributed by atoms with E-state index in [-0.39, 0.29) is 24.0 Å². The lowest BCUT2D eigenvalue weighted by molar-refractivity contribution is 0.162. The van der Waals surface area contributed by atoms with Gasteiger partial charge >= 0.3 is 0 Å². The molecule has 0 radical (unpaired) electrons. The van der Waals surface area contributed by atoms with Gasteiger partial charge in [0, 0.05) is 26.2 Å². The maximum atomic E-state index is 5.77. The van der Waals surface area contributed by atoms with Crippen molar-refractivity contribution in [2.75, 3.05) is 32.7 Å². The highest BCUT2D eigenvalue weighted by atomic mass is 127. The van der Waals surface area contributed by atoms with Gasteiger partial charge in [0.15, 0.2) is 5.96 Å². The highest BCUT2D eigenvalue weighted by Gasteiger charge is 2.19. The van der Waals surface area contributed by atoms with Crippen LogP contribution in [0.25, 0.3) is 0 Å². The van der Waals surface area contributed by atoms with E-state index in [0.717, 1.165) is 19.0 Å². The Balaban J connectivity index is 0.00000324. The predicted octanol–water partition coefficient (Wildman–Crippen LogP) is 2.06. The number of nitrogens with one attached hydrogen (secondary N) is 1. The summed E-state index contributed by atoms with van der Waals surface area (Å²) < 4.78 is 0. The molecule has 1 atom stereocenters. The third kappa shape index (κ3) is 8.47. The van der Waals surface area contributed by atoms with Crippen LogP contribution in [0.5, 0.6) is 0 Å². The predicted molar refractivity (Wildman–Crippen MR) is 94.1 cm³/mol. The maximum absolute atomic E-state index is 5.77. The van der Waals surface area contributed by atoms with E-state index >= 15 is 0 Å². The number of rotatable bonds is 6. The fourth-order valence-corrected chi connectivity index (χ4v) is 2.44. The Bertz CT molecular complexity index is 279. The lowest BCUT2D eigenvalue weighted by Gasteiger charge is -2.33. The zero-order valence-corrected chi connectivity index (χ0v) is 14.6. The molecule has 1 saturated heterocycles. The summed E-state index contributed by atoms with van der Waals surface area (Å²) in [6, 6.07) is 0. The van der Waals surface area contributed by atoms with Crippen molar-refractivity contribution in [2.24, 2.45) is 22.6 Å². The van der Waals surface area contributed by atoms with E-state index in [9.17, 15) is 0 Å². The minimum Gasteiger partial charge on any atom is -0.370 e. The second kappa shape index (κ2) is 10.5. The second-order valence-electron chi connectivity index (χ2n) is 5.56. The monoisotopic (exact) mass is 380 g/mol. The Morgan fingerprint density at radius 2 is 2.32 bits per heavy atom. The van der Waals surface area contributed by atoms with E-state index in [1.807, 2.05) is 0 Å². The molecule has 0 spiro atoms. The second-order valence-corrected chi connectivity index (χ2v) is 5.56. The smallest absolute Gasteiger partial charge is 0.188 e. The number of piperidine rings is 1. The molecule has 0 saturated carbocycles. The molecule has 1 fully saturated rings. The Morgan fingerprint density at radius 1 is 1.58 bits per heavy atom. The average Bonchev–Trinajstić information content (AvgIpc) is 2.33. The molecule has 0 aliphatic carbocycles. The first kappa shape index (κ1) is 18.7. The van der Waals surface area contributed by atoms with Crippen molar-refractivity contribution in [1.82, 2.24) is 10.2 Å². The number of nitrogens with zero attached hydrogens (tertiary/aromatic N) is 2. The van der Waals surface area contributed by atoms with Crippen molar-refractivity contribution in [3.05, 3.63) is 12.7 Å². The van der Waals surface area contributed by atoms with E-state index in [2.05, 4.69) is 35.6 Å². The molecule has 3 N–H and O–H groups in total. The summed E-state index contributed by atoms with van der Waals surface area (Å²) in [5.74, 6) is 1.93. The number of nitrogens with two attached hydrogens (primary N) is 1. The van der Waals surface area contributed by atoms with Gasteiger partial charge in [0.2, 0.25) is 0 Å². The molecule has 4 nitrogen and oxygen atoms in total. The molecule has 0 amide bonds. The molecule has 1 unspecified atom stereocenters. The molecule has 5 heteroatoms. The Kier molecular flexibility index (Phi) is 10.3. The van der Waals surface area contributed by atoms with Crippen LogP contribution in [0, 0.1) is 11.8 Å². The van der Waals surface area contributed by atoms with E-state index in [0.29, 0.717) is 18.4 Å². The number of guanidine groups is 1. The van der Waals surface area contributed by atoms with Crippen LogP contribution in [0.2, 0.25) is 0 Å². The zero-order valence-electron chi connectivity index (χ0n) is 12.3. The molecular formula is C14H29IN4. The summed E-state index contributed by atoms with van der Waals surface area (Å²) in [5, 5.41) is 3.01. The van der Waals surface area contributed by atoms with Crippen LogP contribution in [-0.2, 0) is 0 Å². The van der Waals surface area contributed by atoms with Crippen molar-refractivity contribution in [1.29, 1.82) is 0 Å². The number of aliphatic imine (C=N–C) groups is 1. The summed E-state index contributed by atoms with van der Waals surface area (Å²) in [6.07, 6.45) is 4.34. The van der Waals surface area contributed by atoms with Gasteiger partial charge in [0.25, 0.3) is 0 Å². The van der Waals surface area contributed by atoms with Crippen LogP contribution in [0.4, 0.5) is 0 Å². The van der Waals surface area contributed by atoms with Crippen LogP contribution in [0.3, 0.4) is 0 Å². The fourth-order valence-electron chi connectivity index (χ4n) is 2.44. The number of halogens is 1. The van der Waals surface area contributed by atoms with E-state index < -0.39 is 0 Å². The van der Waals surface area contributed by atoms with Crippen LogP contribution in [-0.4, -0.2) is 43.6 Å². The lowest BCUT2D eigenvalue weighted by atomic mass is 9.97. The average molecular weight is 380 g/mol. The summed E-state index contributed by atoms with van der Waals surface area (Å²) >= 11 is 0. The normalized spacial score (nSPS) is 21.0. The molecule has 1 heterocycles. The van der Waals surface area contributed by atoms with E-state index in [1.54, 1.807) is 6.08 Å². The molecule has 112 valence electrons. The minimum absolute atomic E-state index is 0. The molecule has 1 aliphatic heterocycles. The Morgan fingerprint density at radius 3 is 2.95 bits per heavy atom. The first-order valence-corrected chi connectivity index (χ1v) is 6.98. The van der Waals surface area contributed by atoms with Crippen molar-refractivity contribution in [3.8, 4) is 0 Å². The molecule has 0 aromatic rings. The van der Waals surface area contributed by atoms with Crippen LogP contribution < -0.4 is 11.1 Å². The van der Waals surface area contributed by atoms with Crippen molar-refractivity contribution < 1.29 is 0 Å². The minimum atomic E-state index is 0. The topological polar surface area (TPSA) is 53.6 Å². The highest BCUT2D eigenvalue weighted by molar-refractivity contribution is 14.0. The van der Waals surface area contributed by atoms with Gasteiger partial charge in [0.1, 0.15) is 0 Å². The van der Waals surface area contributed by atoms with Crippen molar-refractivity contribution in [2.45, 2.75) is 26.7 Å². The van der Waals surface area contributed by atoms with Gasteiger partial charge in [-0.15, -0.1) is 30.6 Å². The van der Waals surface area contributed by atoms with Crippen LogP contribution in [0.15, 0.2) is 17.6 Å². The number of likely N-dealkylation sites (tertiary alicyclic amines) is 1. The van der Waals surface area contributed by atoms with Crippen molar-refractivity contribution >= 4 is 29.9 Å². The lowest BCUT2D eigenvalue weighted by Crippen LogP contribution is -2.39. The van der Waals surface area contributed by atoms with Crippen molar-refractivity contribution in [3.63, 3.8) is 0 Å². The Labute approximate surface area is 134 Å².